The summed E-state index contributed by atoms with van der Waals surface area (Å²) in [7, 11) is 0. The van der Waals surface area contributed by atoms with E-state index in [2.05, 4.69) is 41.0 Å². The first-order chi connectivity index (χ1) is 14.2. The van der Waals surface area contributed by atoms with Crippen molar-refractivity contribution in [3.05, 3.63) is 95.8 Å². The molecule has 1 saturated carbocycles. The van der Waals surface area contributed by atoms with Gasteiger partial charge in [0.25, 0.3) is 5.91 Å². The van der Waals surface area contributed by atoms with Crippen LogP contribution < -0.4 is 10.6 Å². The quantitative estimate of drug-likeness (QED) is 0.545. The molecule has 1 amide bonds. The number of carbonyl (C=O) groups is 1. The first-order valence-electron chi connectivity index (χ1n) is 10.2. The van der Waals surface area contributed by atoms with E-state index in [1.165, 1.54) is 30.5 Å². The number of nitrogens with one attached hydrogen (secondary N) is 2. The fourth-order valence-electron chi connectivity index (χ4n) is 4.05. The van der Waals surface area contributed by atoms with Crippen molar-refractivity contribution in [2.45, 2.75) is 37.6 Å². The zero-order valence-corrected chi connectivity index (χ0v) is 16.3. The summed E-state index contributed by atoms with van der Waals surface area (Å²) in [5, 5.41) is 6.33. The summed E-state index contributed by atoms with van der Waals surface area (Å²) < 4.78 is 13.3. The van der Waals surface area contributed by atoms with Crippen LogP contribution in [0.4, 0.5) is 15.8 Å². The largest absolute Gasteiger partial charge is 0.382 e. The van der Waals surface area contributed by atoms with Crippen LogP contribution in [0, 0.1) is 5.82 Å². The lowest BCUT2D eigenvalue weighted by molar-refractivity contribution is 0.102. The Hall–Kier alpha value is -3.14. The van der Waals surface area contributed by atoms with E-state index in [0.717, 1.165) is 18.5 Å². The molecule has 3 aromatic rings. The Labute approximate surface area is 171 Å². The van der Waals surface area contributed by atoms with Crippen molar-refractivity contribution < 1.29 is 9.18 Å². The standard InChI is InChI=1S/C25H25FN2O/c26-21-9-5-11-24(17-21)28-25(29)20-8-4-10-23(16-20)27-22-14-12-19(13-15-22)18-6-2-1-3-7-18/h1-11,16-17,19,22,27H,12-15H2,(H,28,29). The van der Waals surface area contributed by atoms with Gasteiger partial charge in [0.1, 0.15) is 5.82 Å². The Kier molecular flexibility index (Phi) is 5.89. The topological polar surface area (TPSA) is 41.1 Å². The van der Waals surface area contributed by atoms with E-state index in [-0.39, 0.29) is 11.7 Å². The Morgan fingerprint density at radius 1 is 0.793 bits per heavy atom. The third-order valence-corrected chi connectivity index (χ3v) is 5.58. The van der Waals surface area contributed by atoms with Crippen molar-refractivity contribution in [3.8, 4) is 0 Å². The molecule has 0 aliphatic heterocycles. The Bertz CT molecular complexity index is 965. The highest BCUT2D eigenvalue weighted by Gasteiger charge is 2.22. The van der Waals surface area contributed by atoms with E-state index in [1.807, 2.05) is 18.2 Å². The van der Waals surface area contributed by atoms with Gasteiger partial charge in [0.15, 0.2) is 0 Å². The van der Waals surface area contributed by atoms with Crippen LogP contribution in [0.25, 0.3) is 0 Å². The van der Waals surface area contributed by atoms with Crippen molar-refractivity contribution in [2.75, 3.05) is 10.6 Å². The van der Waals surface area contributed by atoms with Crippen LogP contribution in [0.15, 0.2) is 78.9 Å². The lowest BCUT2D eigenvalue weighted by Crippen LogP contribution is -2.25. The van der Waals surface area contributed by atoms with Gasteiger partial charge in [0.05, 0.1) is 0 Å². The summed E-state index contributed by atoms with van der Waals surface area (Å²) in [6.07, 6.45) is 4.56. The zero-order valence-electron chi connectivity index (χ0n) is 16.3. The molecule has 0 radical (unpaired) electrons. The van der Waals surface area contributed by atoms with Gasteiger partial charge in [-0.25, -0.2) is 4.39 Å². The van der Waals surface area contributed by atoms with Crippen molar-refractivity contribution in [2.24, 2.45) is 0 Å². The highest BCUT2D eigenvalue weighted by molar-refractivity contribution is 6.04. The molecule has 1 aliphatic carbocycles. The molecule has 0 aromatic heterocycles. The molecule has 4 rings (SSSR count). The van der Waals surface area contributed by atoms with Crippen LogP contribution in [-0.2, 0) is 0 Å². The summed E-state index contributed by atoms with van der Waals surface area (Å²) in [5.41, 5.74) is 3.38. The molecular weight excluding hydrogens is 363 g/mol. The molecule has 0 atom stereocenters. The molecule has 29 heavy (non-hydrogen) atoms. The maximum atomic E-state index is 13.3. The molecule has 2 N–H and O–H groups in total. The summed E-state index contributed by atoms with van der Waals surface area (Å²) in [6.45, 7) is 0. The molecular formula is C25H25FN2O. The summed E-state index contributed by atoms with van der Waals surface area (Å²) in [5.74, 6) is 0.0222. The van der Waals surface area contributed by atoms with Crippen molar-refractivity contribution in [1.82, 2.24) is 0 Å². The maximum absolute atomic E-state index is 13.3. The zero-order chi connectivity index (χ0) is 20.1. The lowest BCUT2D eigenvalue weighted by Gasteiger charge is -2.30. The molecule has 3 aromatic carbocycles. The molecule has 4 heteroatoms. The lowest BCUT2D eigenvalue weighted by atomic mass is 9.82. The normalized spacial score (nSPS) is 18.8. The van der Waals surface area contributed by atoms with Crippen LogP contribution in [0.2, 0.25) is 0 Å². The number of halogens is 1. The van der Waals surface area contributed by atoms with E-state index in [9.17, 15) is 9.18 Å². The van der Waals surface area contributed by atoms with Gasteiger partial charge in [-0.3, -0.25) is 4.79 Å². The number of rotatable bonds is 5. The van der Waals surface area contributed by atoms with E-state index in [0.29, 0.717) is 23.2 Å². The van der Waals surface area contributed by atoms with Crippen LogP contribution in [0.5, 0.6) is 0 Å². The van der Waals surface area contributed by atoms with Crippen molar-refractivity contribution in [3.63, 3.8) is 0 Å². The average Bonchev–Trinajstić information content (AvgIpc) is 2.75. The molecule has 1 fully saturated rings. The minimum Gasteiger partial charge on any atom is -0.382 e. The SMILES string of the molecule is O=C(Nc1cccc(F)c1)c1cccc(NC2CCC(c3ccccc3)CC2)c1. The van der Waals surface area contributed by atoms with Crippen molar-refractivity contribution in [1.29, 1.82) is 0 Å². The number of benzene rings is 3. The van der Waals surface area contributed by atoms with E-state index >= 15 is 0 Å². The van der Waals surface area contributed by atoms with Crippen LogP contribution in [0.1, 0.15) is 47.5 Å². The monoisotopic (exact) mass is 388 g/mol. The smallest absolute Gasteiger partial charge is 0.255 e. The van der Waals surface area contributed by atoms with Gasteiger partial charge in [-0.1, -0.05) is 42.5 Å². The summed E-state index contributed by atoms with van der Waals surface area (Å²) in [4.78, 5) is 12.5. The third kappa shape index (κ3) is 5.02. The van der Waals surface area contributed by atoms with Crippen molar-refractivity contribution >= 4 is 17.3 Å². The first-order valence-corrected chi connectivity index (χ1v) is 10.2. The summed E-state index contributed by atoms with van der Waals surface area (Å²) >= 11 is 0. The number of hydrogen-bond acceptors (Lipinski definition) is 2. The second kappa shape index (κ2) is 8.91. The number of hydrogen-bond donors (Lipinski definition) is 2. The Balaban J connectivity index is 1.35. The molecule has 0 unspecified atom stereocenters. The fraction of sp³-hybridized carbons (Fsp3) is 0.240. The Morgan fingerprint density at radius 2 is 1.52 bits per heavy atom. The van der Waals surface area contributed by atoms with E-state index < -0.39 is 0 Å². The predicted octanol–water partition coefficient (Wildman–Crippen LogP) is 6.22. The van der Waals surface area contributed by atoms with E-state index in [4.69, 9.17) is 0 Å². The molecule has 0 spiro atoms. The van der Waals surface area contributed by atoms with Gasteiger partial charge in [0.2, 0.25) is 0 Å². The number of anilines is 2. The molecule has 0 saturated heterocycles. The Morgan fingerprint density at radius 3 is 2.28 bits per heavy atom. The maximum Gasteiger partial charge on any atom is 0.255 e. The molecule has 3 nitrogen and oxygen atoms in total. The molecule has 1 aliphatic rings. The molecule has 0 bridgehead atoms. The van der Waals surface area contributed by atoms with E-state index in [1.54, 1.807) is 18.2 Å². The summed E-state index contributed by atoms with van der Waals surface area (Å²) in [6, 6.07) is 24.6. The van der Waals surface area contributed by atoms with Gasteiger partial charge in [-0.2, -0.15) is 0 Å². The first kappa shape index (κ1) is 19.2. The third-order valence-electron chi connectivity index (χ3n) is 5.58. The number of carbonyl (C=O) groups excluding carboxylic acids is 1. The van der Waals surface area contributed by atoms with Gasteiger partial charge in [-0.15, -0.1) is 0 Å². The van der Waals surface area contributed by atoms with Gasteiger partial charge >= 0.3 is 0 Å². The minimum atomic E-state index is -0.371. The fourth-order valence-corrected chi connectivity index (χ4v) is 4.05. The second-order valence-electron chi connectivity index (χ2n) is 7.65. The highest BCUT2D eigenvalue weighted by atomic mass is 19.1. The molecule has 0 heterocycles. The van der Waals surface area contributed by atoms with Gasteiger partial charge < -0.3 is 10.6 Å². The molecule has 148 valence electrons. The second-order valence-corrected chi connectivity index (χ2v) is 7.65. The van der Waals surface area contributed by atoms with Gasteiger partial charge in [-0.05, 0) is 73.6 Å². The van der Waals surface area contributed by atoms with Crippen LogP contribution in [-0.4, -0.2) is 11.9 Å². The highest BCUT2D eigenvalue weighted by Crippen LogP contribution is 2.34. The van der Waals surface area contributed by atoms with Crippen LogP contribution in [0.3, 0.4) is 0 Å². The average molecular weight is 388 g/mol. The van der Waals surface area contributed by atoms with Gasteiger partial charge in [0, 0.05) is 23.0 Å². The minimum absolute atomic E-state index is 0.243. The van der Waals surface area contributed by atoms with Crippen LogP contribution >= 0.6 is 0 Å². The predicted molar refractivity (Wildman–Crippen MR) is 116 cm³/mol. The number of amides is 1.